The van der Waals surface area contributed by atoms with Crippen molar-refractivity contribution in [2.45, 2.75) is 18.6 Å². The van der Waals surface area contributed by atoms with E-state index in [-0.39, 0.29) is 13.5 Å². The number of ether oxygens (including phenoxy) is 1. The number of carbonyl (C=O) groups is 1. The van der Waals surface area contributed by atoms with Crippen LogP contribution in [0.5, 0.6) is 0 Å². The molecule has 0 bridgehead atoms. The van der Waals surface area contributed by atoms with E-state index in [0.29, 0.717) is 0 Å². The van der Waals surface area contributed by atoms with E-state index in [1.807, 2.05) is 0 Å². The van der Waals surface area contributed by atoms with E-state index < -0.39 is 33.5 Å². The maximum Gasteiger partial charge on any atom is 0.418 e. The average Bonchev–Trinajstić information content (AvgIpc) is 2.12. The molecule has 1 atom stereocenters. The summed E-state index contributed by atoms with van der Waals surface area (Å²) in [5.41, 5.74) is -3.56. The van der Waals surface area contributed by atoms with E-state index in [2.05, 4.69) is 4.74 Å². The lowest BCUT2D eigenvalue weighted by molar-refractivity contribution is -0.201. The van der Waals surface area contributed by atoms with Crippen molar-refractivity contribution < 1.29 is 36.2 Å². The van der Waals surface area contributed by atoms with Crippen molar-refractivity contribution in [1.82, 2.24) is 4.72 Å². The second-order valence-electron chi connectivity index (χ2n) is 3.34. The van der Waals surface area contributed by atoms with Crippen molar-refractivity contribution in [1.29, 1.82) is 0 Å². The molecule has 102 valence electrons. The van der Waals surface area contributed by atoms with Gasteiger partial charge in [0.2, 0.25) is 15.6 Å². The van der Waals surface area contributed by atoms with Crippen LogP contribution in [0.25, 0.3) is 0 Å². The van der Waals surface area contributed by atoms with Gasteiger partial charge in [-0.15, -0.1) is 0 Å². The molecule has 0 aliphatic carbocycles. The molecular formula is C7H12F3NO5S. The Hall–Kier alpha value is -0.870. The number of hydrogen-bond donors (Lipinski definition) is 2. The largest absolute Gasteiger partial charge is 0.480 e. The van der Waals surface area contributed by atoms with Crippen molar-refractivity contribution in [3.05, 3.63) is 0 Å². The van der Waals surface area contributed by atoms with Gasteiger partial charge in [0, 0.05) is 7.11 Å². The smallest absolute Gasteiger partial charge is 0.418 e. The van der Waals surface area contributed by atoms with Gasteiger partial charge in [-0.25, -0.2) is 13.2 Å². The maximum atomic E-state index is 12.5. The normalized spacial score (nSPS) is 16.5. The third kappa shape index (κ3) is 4.13. The average molecular weight is 279 g/mol. The van der Waals surface area contributed by atoms with Crippen molar-refractivity contribution in [3.8, 4) is 0 Å². The van der Waals surface area contributed by atoms with E-state index in [9.17, 15) is 26.4 Å². The summed E-state index contributed by atoms with van der Waals surface area (Å²) < 4.78 is 65.3. The van der Waals surface area contributed by atoms with Crippen LogP contribution < -0.4 is 4.72 Å². The Morgan fingerprint density at radius 2 is 1.88 bits per heavy atom. The summed E-state index contributed by atoms with van der Waals surface area (Å²) in [7, 11) is -3.24. The summed E-state index contributed by atoms with van der Waals surface area (Å²) in [6.45, 7) is -0.109. The number of halogens is 3. The molecule has 1 unspecified atom stereocenters. The number of alkyl halides is 3. The monoisotopic (exact) mass is 279 g/mol. The van der Waals surface area contributed by atoms with Crippen LogP contribution in [0, 0.1) is 0 Å². The molecule has 17 heavy (non-hydrogen) atoms. The van der Waals surface area contributed by atoms with Gasteiger partial charge in [0.1, 0.15) is 0 Å². The first-order valence-corrected chi connectivity index (χ1v) is 5.92. The Labute approximate surface area is 95.8 Å². The standard InChI is InChI=1S/C7H12F3NO5S/c1-6(5(12)13,7(8,9)10)11-17(14,15)4-3-16-2/h11H,3-4H2,1-2H3,(H,12,13). The van der Waals surface area contributed by atoms with Gasteiger partial charge in [-0.05, 0) is 6.92 Å². The number of carboxylic acid groups (broad SMARTS) is 1. The van der Waals surface area contributed by atoms with Crippen LogP contribution in [0.3, 0.4) is 0 Å². The summed E-state index contributed by atoms with van der Waals surface area (Å²) in [5, 5.41) is 8.48. The highest BCUT2D eigenvalue weighted by atomic mass is 32.2. The summed E-state index contributed by atoms with van der Waals surface area (Å²) in [6, 6.07) is 0. The van der Waals surface area contributed by atoms with Crippen molar-refractivity contribution >= 4 is 16.0 Å². The molecule has 0 saturated carbocycles. The van der Waals surface area contributed by atoms with E-state index in [4.69, 9.17) is 5.11 Å². The molecule has 2 N–H and O–H groups in total. The van der Waals surface area contributed by atoms with Crippen LogP contribution in [0.4, 0.5) is 13.2 Å². The molecule has 0 radical (unpaired) electrons. The molecule has 0 fully saturated rings. The van der Waals surface area contributed by atoms with Crippen molar-refractivity contribution in [2.75, 3.05) is 19.5 Å². The number of sulfonamides is 1. The van der Waals surface area contributed by atoms with Gasteiger partial charge in [-0.2, -0.15) is 17.9 Å². The molecule has 0 saturated heterocycles. The van der Waals surface area contributed by atoms with E-state index in [0.717, 1.165) is 11.8 Å². The van der Waals surface area contributed by atoms with Crippen LogP contribution in [0.1, 0.15) is 6.92 Å². The number of methoxy groups -OCH3 is 1. The number of aliphatic carboxylic acids is 1. The summed E-state index contributed by atoms with van der Waals surface area (Å²) in [6.07, 6.45) is -5.25. The molecule has 0 heterocycles. The molecule has 0 aromatic heterocycles. The van der Waals surface area contributed by atoms with Crippen LogP contribution >= 0.6 is 0 Å². The second-order valence-corrected chi connectivity index (χ2v) is 5.18. The number of nitrogens with one attached hydrogen (secondary N) is 1. The van der Waals surface area contributed by atoms with E-state index in [1.165, 1.54) is 0 Å². The molecule has 0 spiro atoms. The Morgan fingerprint density at radius 1 is 1.41 bits per heavy atom. The SMILES string of the molecule is COCCS(=O)(=O)NC(C)(C(=O)O)C(F)(F)F. The lowest BCUT2D eigenvalue weighted by atomic mass is 10.0. The predicted octanol–water partition coefficient (Wildman–Crippen LogP) is -0.0422. The van der Waals surface area contributed by atoms with Gasteiger partial charge in [-0.1, -0.05) is 0 Å². The summed E-state index contributed by atoms with van der Waals surface area (Å²) in [4.78, 5) is 10.5. The van der Waals surface area contributed by atoms with Gasteiger partial charge in [0.05, 0.1) is 12.4 Å². The number of hydrogen-bond acceptors (Lipinski definition) is 4. The summed E-state index contributed by atoms with van der Waals surface area (Å²) in [5.74, 6) is -3.09. The fraction of sp³-hybridized carbons (Fsp3) is 0.857. The minimum absolute atomic E-state index is 0.236. The quantitative estimate of drug-likeness (QED) is 0.711. The molecule has 0 aromatic carbocycles. The number of rotatable bonds is 6. The Balaban J connectivity index is 5.10. The fourth-order valence-corrected chi connectivity index (χ4v) is 2.09. The highest BCUT2D eigenvalue weighted by molar-refractivity contribution is 7.89. The Bertz CT molecular complexity index is 379. The molecule has 0 aliphatic heterocycles. The van der Waals surface area contributed by atoms with Crippen molar-refractivity contribution in [2.24, 2.45) is 0 Å². The zero-order chi connectivity index (χ0) is 13.9. The van der Waals surface area contributed by atoms with Gasteiger partial charge < -0.3 is 9.84 Å². The molecule has 0 aromatic rings. The van der Waals surface area contributed by atoms with Crippen LogP contribution in [-0.2, 0) is 19.6 Å². The number of carboxylic acids is 1. The van der Waals surface area contributed by atoms with Crippen molar-refractivity contribution in [3.63, 3.8) is 0 Å². The van der Waals surface area contributed by atoms with E-state index >= 15 is 0 Å². The minimum atomic E-state index is -5.25. The maximum absolute atomic E-state index is 12.5. The summed E-state index contributed by atoms with van der Waals surface area (Å²) >= 11 is 0. The molecule has 0 amide bonds. The molecule has 0 rings (SSSR count). The van der Waals surface area contributed by atoms with Crippen LogP contribution in [-0.4, -0.2) is 50.7 Å². The first-order valence-electron chi connectivity index (χ1n) is 4.27. The van der Waals surface area contributed by atoms with Gasteiger partial charge in [-0.3, -0.25) is 0 Å². The lowest BCUT2D eigenvalue weighted by Gasteiger charge is -2.28. The van der Waals surface area contributed by atoms with Gasteiger partial charge in [0.15, 0.2) is 0 Å². The minimum Gasteiger partial charge on any atom is -0.480 e. The lowest BCUT2D eigenvalue weighted by Crippen LogP contribution is -2.62. The second kappa shape index (κ2) is 5.19. The van der Waals surface area contributed by atoms with Gasteiger partial charge >= 0.3 is 12.1 Å². The Morgan fingerprint density at radius 3 is 2.18 bits per heavy atom. The zero-order valence-corrected chi connectivity index (χ0v) is 9.85. The first-order chi connectivity index (χ1) is 7.46. The third-order valence-electron chi connectivity index (χ3n) is 1.91. The highest BCUT2D eigenvalue weighted by Gasteiger charge is 2.59. The third-order valence-corrected chi connectivity index (χ3v) is 3.33. The highest BCUT2D eigenvalue weighted by Crippen LogP contribution is 2.31. The molecular weight excluding hydrogens is 267 g/mol. The molecule has 0 aliphatic rings. The first kappa shape index (κ1) is 16.1. The molecule has 10 heteroatoms. The van der Waals surface area contributed by atoms with Crippen LogP contribution in [0.15, 0.2) is 0 Å². The Kier molecular flexibility index (Phi) is 4.92. The van der Waals surface area contributed by atoms with Crippen LogP contribution in [0.2, 0.25) is 0 Å². The fourth-order valence-electron chi connectivity index (χ4n) is 0.778. The van der Waals surface area contributed by atoms with E-state index in [1.54, 1.807) is 0 Å². The molecule has 6 nitrogen and oxygen atoms in total. The topological polar surface area (TPSA) is 92.7 Å². The van der Waals surface area contributed by atoms with Gasteiger partial charge in [0.25, 0.3) is 0 Å². The zero-order valence-electron chi connectivity index (χ0n) is 9.04. The predicted molar refractivity (Wildman–Crippen MR) is 50.9 cm³/mol.